The third-order valence-corrected chi connectivity index (χ3v) is 4.52. The highest BCUT2D eigenvalue weighted by atomic mass is 19.1. The number of halogens is 1. The molecule has 1 amide bonds. The number of aromatic nitrogens is 1. The van der Waals surface area contributed by atoms with Gasteiger partial charge in [0.25, 0.3) is 5.56 Å². The summed E-state index contributed by atoms with van der Waals surface area (Å²) in [4.78, 5) is 28.1. The van der Waals surface area contributed by atoms with Gasteiger partial charge in [-0.15, -0.1) is 0 Å². The van der Waals surface area contributed by atoms with Gasteiger partial charge >= 0.3 is 6.09 Å². The number of rotatable bonds is 5. The topological polar surface area (TPSA) is 111 Å². The molecule has 3 N–H and O–H groups in total. The molecule has 0 aliphatic carbocycles. The quantitative estimate of drug-likeness (QED) is 0.568. The van der Waals surface area contributed by atoms with Crippen LogP contribution < -0.4 is 15.8 Å². The van der Waals surface area contributed by atoms with Crippen molar-refractivity contribution in [1.29, 1.82) is 5.53 Å². The van der Waals surface area contributed by atoms with Gasteiger partial charge in [-0.3, -0.25) is 9.69 Å². The number of nitrogens with one attached hydrogen (secondary N) is 3. The largest absolute Gasteiger partial charge is 0.447 e. The van der Waals surface area contributed by atoms with E-state index in [-0.39, 0.29) is 17.4 Å². The van der Waals surface area contributed by atoms with E-state index in [1.54, 1.807) is 24.3 Å². The number of carbonyl (C=O) groups is 1. The van der Waals surface area contributed by atoms with Crippen LogP contribution in [0.1, 0.15) is 5.56 Å². The highest BCUT2D eigenvalue weighted by Crippen LogP contribution is 2.22. The van der Waals surface area contributed by atoms with E-state index in [9.17, 15) is 14.0 Å². The van der Waals surface area contributed by atoms with Gasteiger partial charge in [-0.2, -0.15) is 5.11 Å². The maximum absolute atomic E-state index is 13.5. The molecule has 0 bridgehead atoms. The van der Waals surface area contributed by atoms with Gasteiger partial charge in [-0.25, -0.2) is 14.7 Å². The van der Waals surface area contributed by atoms with Gasteiger partial charge < -0.3 is 15.0 Å². The normalized spacial score (nSPS) is 14.2. The van der Waals surface area contributed by atoms with E-state index in [0.29, 0.717) is 35.4 Å². The van der Waals surface area contributed by atoms with Crippen LogP contribution in [0.15, 0.2) is 64.6 Å². The van der Waals surface area contributed by atoms with E-state index in [1.165, 1.54) is 35.4 Å². The van der Waals surface area contributed by atoms with E-state index in [1.807, 2.05) is 0 Å². The van der Waals surface area contributed by atoms with Crippen LogP contribution in [-0.2, 0) is 4.74 Å². The fourth-order valence-electron chi connectivity index (χ4n) is 3.06. The Balaban J connectivity index is 1.59. The minimum absolute atomic E-state index is 0.0876. The number of amides is 1. The van der Waals surface area contributed by atoms with Crippen LogP contribution in [0, 0.1) is 11.3 Å². The molecule has 0 unspecified atom stereocenters. The number of ether oxygens (including phenoxy) is 1. The highest BCUT2D eigenvalue weighted by Gasteiger charge is 2.23. The molecule has 2 heterocycles. The minimum atomic E-state index is -0.434. The number of fused-ring (bicyclic) bond motifs is 1. The maximum Gasteiger partial charge on any atom is 0.414 e. The van der Waals surface area contributed by atoms with Gasteiger partial charge in [0, 0.05) is 28.5 Å². The molecule has 1 aromatic heterocycles. The van der Waals surface area contributed by atoms with Gasteiger partial charge in [0.2, 0.25) is 0 Å². The summed E-state index contributed by atoms with van der Waals surface area (Å²) in [5, 5.41) is 6.89. The zero-order valence-electron chi connectivity index (χ0n) is 15.1. The van der Waals surface area contributed by atoms with Gasteiger partial charge in [0.15, 0.2) is 0 Å². The van der Waals surface area contributed by atoms with Crippen molar-refractivity contribution in [2.24, 2.45) is 5.11 Å². The summed E-state index contributed by atoms with van der Waals surface area (Å²) in [6.07, 6.45) is 1.04. The van der Waals surface area contributed by atoms with Crippen LogP contribution in [0.25, 0.3) is 16.6 Å². The standard InChI is InChI=1S/C20H16FN5O3/c21-13-1-6-17-12(9-13)10-16(19(27)24-17)18(25-22)11-23-14-2-4-15(5-3-14)26-7-8-29-20(26)28/h1-6,9-11,22-23H,7-8H2,(H,24,27)/b18-11-,25-22?. The van der Waals surface area contributed by atoms with Crippen LogP contribution >= 0.6 is 0 Å². The number of cyclic esters (lactones) is 1. The number of nitrogens with zero attached hydrogens (tertiary/aromatic N) is 2. The number of anilines is 2. The molecule has 8 nitrogen and oxygen atoms in total. The summed E-state index contributed by atoms with van der Waals surface area (Å²) < 4.78 is 18.4. The second kappa shape index (κ2) is 7.55. The summed E-state index contributed by atoms with van der Waals surface area (Å²) in [6, 6.07) is 12.5. The van der Waals surface area contributed by atoms with E-state index >= 15 is 0 Å². The van der Waals surface area contributed by atoms with E-state index in [0.717, 1.165) is 0 Å². The van der Waals surface area contributed by atoms with Crippen molar-refractivity contribution >= 4 is 34.1 Å². The molecular formula is C20H16FN5O3. The first-order valence-corrected chi connectivity index (χ1v) is 8.76. The summed E-state index contributed by atoms with van der Waals surface area (Å²) in [7, 11) is 0. The first kappa shape index (κ1) is 18.4. The summed E-state index contributed by atoms with van der Waals surface area (Å²) in [5.41, 5.74) is 9.08. The molecule has 3 aromatic rings. The number of aromatic amines is 1. The molecule has 29 heavy (non-hydrogen) atoms. The average molecular weight is 393 g/mol. The van der Waals surface area contributed by atoms with Crippen LogP contribution in [0.4, 0.5) is 20.6 Å². The molecule has 1 aliphatic rings. The molecule has 1 aliphatic heterocycles. The lowest BCUT2D eigenvalue weighted by Crippen LogP contribution is -2.23. The van der Waals surface area contributed by atoms with Crippen LogP contribution in [0.3, 0.4) is 0 Å². The first-order chi connectivity index (χ1) is 14.0. The Bertz CT molecular complexity index is 1190. The molecule has 0 atom stereocenters. The first-order valence-electron chi connectivity index (χ1n) is 8.76. The third-order valence-electron chi connectivity index (χ3n) is 4.52. The second-order valence-corrected chi connectivity index (χ2v) is 6.34. The van der Waals surface area contributed by atoms with Gasteiger partial charge in [0.1, 0.15) is 18.1 Å². The Labute approximate surface area is 164 Å². The van der Waals surface area contributed by atoms with Crippen molar-refractivity contribution in [3.05, 3.63) is 76.5 Å². The molecule has 9 heteroatoms. The summed E-state index contributed by atoms with van der Waals surface area (Å²) in [5.74, 6) is -0.427. The number of carbonyl (C=O) groups excluding carboxylic acids is 1. The minimum Gasteiger partial charge on any atom is -0.447 e. The second-order valence-electron chi connectivity index (χ2n) is 6.34. The van der Waals surface area contributed by atoms with Crippen LogP contribution in [-0.4, -0.2) is 24.2 Å². The van der Waals surface area contributed by atoms with Crippen molar-refractivity contribution in [2.45, 2.75) is 0 Å². The van der Waals surface area contributed by atoms with Crippen molar-refractivity contribution < 1.29 is 13.9 Å². The molecular weight excluding hydrogens is 377 g/mol. The zero-order valence-corrected chi connectivity index (χ0v) is 15.1. The molecule has 1 fully saturated rings. The Morgan fingerprint density at radius 2 is 2.00 bits per heavy atom. The molecule has 4 rings (SSSR count). The van der Waals surface area contributed by atoms with Crippen molar-refractivity contribution in [3.8, 4) is 0 Å². The highest BCUT2D eigenvalue weighted by molar-refractivity contribution is 5.89. The number of pyridine rings is 1. The van der Waals surface area contributed by atoms with Crippen molar-refractivity contribution in [3.63, 3.8) is 0 Å². The fourth-order valence-corrected chi connectivity index (χ4v) is 3.06. The lowest BCUT2D eigenvalue weighted by atomic mass is 10.1. The lowest BCUT2D eigenvalue weighted by molar-refractivity contribution is 0.181. The molecule has 2 aromatic carbocycles. The summed E-state index contributed by atoms with van der Waals surface area (Å²) >= 11 is 0. The number of H-pyrrole nitrogens is 1. The molecule has 0 radical (unpaired) electrons. The molecule has 0 spiro atoms. The predicted molar refractivity (Wildman–Crippen MR) is 106 cm³/mol. The number of benzene rings is 2. The molecule has 146 valence electrons. The Kier molecular flexibility index (Phi) is 4.78. The van der Waals surface area contributed by atoms with Gasteiger partial charge in [-0.05, 0) is 48.5 Å². The van der Waals surface area contributed by atoms with Crippen LogP contribution in [0.2, 0.25) is 0 Å². The predicted octanol–water partition coefficient (Wildman–Crippen LogP) is 4.07. The Morgan fingerprint density at radius 3 is 2.69 bits per heavy atom. The lowest BCUT2D eigenvalue weighted by Gasteiger charge is -2.13. The number of hydrogen-bond donors (Lipinski definition) is 3. The summed E-state index contributed by atoms with van der Waals surface area (Å²) in [6.45, 7) is 0.860. The fraction of sp³-hybridized carbons (Fsp3) is 0.100. The van der Waals surface area contributed by atoms with E-state index in [4.69, 9.17) is 10.3 Å². The Hall–Kier alpha value is -4.01. The van der Waals surface area contributed by atoms with E-state index in [2.05, 4.69) is 15.4 Å². The molecule has 0 saturated carbocycles. The van der Waals surface area contributed by atoms with Gasteiger partial charge in [0.05, 0.1) is 12.1 Å². The smallest absolute Gasteiger partial charge is 0.414 e. The number of hydrogen-bond acceptors (Lipinski definition) is 6. The third kappa shape index (κ3) is 3.70. The zero-order chi connectivity index (χ0) is 20.4. The van der Waals surface area contributed by atoms with Gasteiger partial charge in [-0.1, -0.05) is 0 Å². The SMILES string of the molecule is N=N/C(=C\Nc1ccc(N2CCOC2=O)cc1)c1cc2cc(F)ccc2[nH]c1=O. The Morgan fingerprint density at radius 1 is 1.21 bits per heavy atom. The monoisotopic (exact) mass is 393 g/mol. The maximum atomic E-state index is 13.5. The van der Waals surface area contributed by atoms with Crippen molar-refractivity contribution in [1.82, 2.24) is 4.98 Å². The van der Waals surface area contributed by atoms with Crippen molar-refractivity contribution in [2.75, 3.05) is 23.4 Å². The average Bonchev–Trinajstić information content (AvgIpc) is 3.15. The van der Waals surface area contributed by atoms with E-state index < -0.39 is 11.4 Å². The van der Waals surface area contributed by atoms with Crippen LogP contribution in [0.5, 0.6) is 0 Å². The molecule has 1 saturated heterocycles.